The Hall–Kier alpha value is -0.140. The second kappa shape index (κ2) is 5.50. The van der Waals surface area contributed by atoms with E-state index in [-0.39, 0.29) is 18.0 Å². The summed E-state index contributed by atoms with van der Waals surface area (Å²) in [6.45, 7) is 7.94. The molecule has 0 aromatic rings. The molecule has 3 nitrogen and oxygen atoms in total. The van der Waals surface area contributed by atoms with Crippen molar-refractivity contribution in [2.45, 2.75) is 39.8 Å². The Labute approximate surface area is 76.9 Å². The van der Waals surface area contributed by atoms with E-state index in [0.717, 1.165) is 0 Å². The van der Waals surface area contributed by atoms with Crippen LogP contribution < -0.4 is 10.4 Å². The molecular formula is C8H19N2OP. The maximum atomic E-state index is 11.4. The standard InChI is InChI=1S/C8H19N2OP/c1-5(2)7(10-12)8(11)9-6(3)4/h5-7,10H,12H2,1-4H3,(H,9,11). The number of hydrogen-bond acceptors (Lipinski definition) is 2. The number of nitrogens with one attached hydrogen (secondary N) is 2. The predicted octanol–water partition coefficient (Wildman–Crippen LogP) is 0.915. The molecule has 0 aromatic heterocycles. The Balaban J connectivity index is 4.04. The van der Waals surface area contributed by atoms with Crippen LogP contribution in [0.3, 0.4) is 0 Å². The molecule has 2 atom stereocenters. The van der Waals surface area contributed by atoms with Gasteiger partial charge in [0.1, 0.15) is 0 Å². The number of carbonyl (C=O) groups excluding carboxylic acids is 1. The highest BCUT2D eigenvalue weighted by Gasteiger charge is 2.19. The minimum absolute atomic E-state index is 0.0648. The van der Waals surface area contributed by atoms with Crippen LogP contribution in [0.15, 0.2) is 0 Å². The van der Waals surface area contributed by atoms with E-state index in [9.17, 15) is 4.79 Å². The SMILES string of the molecule is CC(C)NC(=O)C(NP)C(C)C. The fourth-order valence-electron chi connectivity index (χ4n) is 0.945. The number of carbonyl (C=O) groups is 1. The molecule has 0 aliphatic rings. The monoisotopic (exact) mass is 190 g/mol. The first kappa shape index (κ1) is 11.9. The van der Waals surface area contributed by atoms with Gasteiger partial charge in [-0.2, -0.15) is 0 Å². The quantitative estimate of drug-likeness (QED) is 0.647. The number of rotatable bonds is 4. The van der Waals surface area contributed by atoms with Gasteiger partial charge in [-0.25, -0.2) is 0 Å². The van der Waals surface area contributed by atoms with Crippen LogP contribution in [0, 0.1) is 5.92 Å². The summed E-state index contributed by atoms with van der Waals surface area (Å²) in [6, 6.07) is 0.0921. The van der Waals surface area contributed by atoms with Crippen LogP contribution in [0.4, 0.5) is 0 Å². The highest BCUT2D eigenvalue weighted by atomic mass is 31.0. The third-order valence-electron chi connectivity index (χ3n) is 1.56. The molecule has 0 fully saturated rings. The minimum atomic E-state index is -0.114. The lowest BCUT2D eigenvalue weighted by molar-refractivity contribution is -0.124. The Morgan fingerprint density at radius 1 is 1.25 bits per heavy atom. The summed E-state index contributed by atoms with van der Waals surface area (Å²) in [5.74, 6) is 0.372. The van der Waals surface area contributed by atoms with E-state index in [4.69, 9.17) is 0 Å². The normalized spacial score (nSPS) is 13.6. The first-order valence-electron chi connectivity index (χ1n) is 4.25. The van der Waals surface area contributed by atoms with Gasteiger partial charge in [-0.05, 0) is 19.8 Å². The number of hydrogen-bond donors (Lipinski definition) is 2. The summed E-state index contributed by atoms with van der Waals surface area (Å²) in [5.41, 5.74) is 0. The highest BCUT2D eigenvalue weighted by Crippen LogP contribution is 2.03. The molecule has 0 bridgehead atoms. The van der Waals surface area contributed by atoms with Crippen LogP contribution in [0.25, 0.3) is 0 Å². The molecule has 0 aliphatic heterocycles. The molecule has 1 amide bonds. The van der Waals surface area contributed by atoms with Gasteiger partial charge in [-0.15, -0.1) is 0 Å². The summed E-state index contributed by atoms with van der Waals surface area (Å²) in [5, 5.41) is 5.77. The topological polar surface area (TPSA) is 41.1 Å². The van der Waals surface area contributed by atoms with Crippen molar-refractivity contribution in [2.24, 2.45) is 5.92 Å². The van der Waals surface area contributed by atoms with E-state index in [1.165, 1.54) is 0 Å². The van der Waals surface area contributed by atoms with Crippen molar-refractivity contribution in [1.82, 2.24) is 10.4 Å². The summed E-state index contributed by atoms with van der Waals surface area (Å²) >= 11 is 0. The van der Waals surface area contributed by atoms with Crippen LogP contribution in [-0.4, -0.2) is 18.0 Å². The second-order valence-corrected chi connectivity index (χ2v) is 3.88. The average molecular weight is 190 g/mol. The van der Waals surface area contributed by atoms with Gasteiger partial charge in [0.15, 0.2) is 0 Å². The van der Waals surface area contributed by atoms with E-state index in [1.807, 2.05) is 27.7 Å². The van der Waals surface area contributed by atoms with Crippen LogP contribution in [0.1, 0.15) is 27.7 Å². The molecule has 0 aliphatic carbocycles. The number of amides is 1. The van der Waals surface area contributed by atoms with Gasteiger partial charge in [0.05, 0.1) is 6.04 Å². The Bertz CT molecular complexity index is 148. The van der Waals surface area contributed by atoms with Gasteiger partial charge in [0.25, 0.3) is 0 Å². The molecule has 0 saturated heterocycles. The summed E-state index contributed by atoms with van der Waals surface area (Å²) < 4.78 is 0. The van der Waals surface area contributed by atoms with Gasteiger partial charge in [0.2, 0.25) is 5.91 Å². The molecule has 4 heteroatoms. The smallest absolute Gasteiger partial charge is 0.237 e. The molecule has 72 valence electrons. The fraction of sp³-hybridized carbons (Fsp3) is 0.875. The maximum absolute atomic E-state index is 11.4. The molecular weight excluding hydrogens is 171 g/mol. The van der Waals surface area contributed by atoms with Crippen molar-refractivity contribution in [2.75, 3.05) is 0 Å². The van der Waals surface area contributed by atoms with Crippen molar-refractivity contribution < 1.29 is 4.79 Å². The summed E-state index contributed by atoms with van der Waals surface area (Å²) in [4.78, 5) is 11.4. The molecule has 0 heterocycles. The van der Waals surface area contributed by atoms with Gasteiger partial charge in [0, 0.05) is 6.04 Å². The Kier molecular flexibility index (Phi) is 5.43. The van der Waals surface area contributed by atoms with E-state index < -0.39 is 0 Å². The lowest BCUT2D eigenvalue weighted by atomic mass is 10.0. The van der Waals surface area contributed by atoms with Crippen LogP contribution in [0.5, 0.6) is 0 Å². The third kappa shape index (κ3) is 4.03. The summed E-state index contributed by atoms with van der Waals surface area (Å²) in [6.07, 6.45) is 0. The largest absolute Gasteiger partial charge is 0.353 e. The first-order valence-corrected chi connectivity index (χ1v) is 4.83. The zero-order valence-corrected chi connectivity index (χ0v) is 9.37. The van der Waals surface area contributed by atoms with Gasteiger partial charge in [-0.1, -0.05) is 23.2 Å². The van der Waals surface area contributed by atoms with Gasteiger partial charge in [-0.3, -0.25) is 9.88 Å². The molecule has 2 unspecified atom stereocenters. The van der Waals surface area contributed by atoms with Crippen LogP contribution >= 0.6 is 9.39 Å². The molecule has 0 radical (unpaired) electrons. The van der Waals surface area contributed by atoms with Crippen LogP contribution in [0.2, 0.25) is 0 Å². The first-order chi connectivity index (χ1) is 5.49. The Morgan fingerprint density at radius 3 is 2.00 bits per heavy atom. The van der Waals surface area contributed by atoms with E-state index in [2.05, 4.69) is 19.8 Å². The zero-order chi connectivity index (χ0) is 9.72. The Morgan fingerprint density at radius 2 is 1.75 bits per heavy atom. The lowest BCUT2D eigenvalue weighted by Gasteiger charge is -2.20. The highest BCUT2D eigenvalue weighted by molar-refractivity contribution is 7.13. The summed E-state index contributed by atoms with van der Waals surface area (Å²) in [7, 11) is 2.38. The molecule has 2 N–H and O–H groups in total. The van der Waals surface area contributed by atoms with E-state index in [0.29, 0.717) is 5.92 Å². The zero-order valence-electron chi connectivity index (χ0n) is 8.22. The lowest BCUT2D eigenvalue weighted by Crippen LogP contribution is -2.46. The van der Waals surface area contributed by atoms with Crippen molar-refractivity contribution in [3.63, 3.8) is 0 Å². The van der Waals surface area contributed by atoms with Crippen LogP contribution in [-0.2, 0) is 4.79 Å². The molecule has 12 heavy (non-hydrogen) atoms. The molecule has 0 rings (SSSR count). The molecule has 0 saturated carbocycles. The van der Waals surface area contributed by atoms with E-state index >= 15 is 0 Å². The maximum Gasteiger partial charge on any atom is 0.237 e. The minimum Gasteiger partial charge on any atom is -0.353 e. The fourth-order valence-corrected chi connectivity index (χ4v) is 1.48. The van der Waals surface area contributed by atoms with E-state index in [1.54, 1.807) is 0 Å². The van der Waals surface area contributed by atoms with Gasteiger partial charge < -0.3 is 5.32 Å². The van der Waals surface area contributed by atoms with Crippen molar-refractivity contribution in [3.05, 3.63) is 0 Å². The predicted molar refractivity (Wildman–Crippen MR) is 54.8 cm³/mol. The molecule has 0 spiro atoms. The van der Waals surface area contributed by atoms with Crippen molar-refractivity contribution >= 4 is 15.3 Å². The van der Waals surface area contributed by atoms with Crippen molar-refractivity contribution in [1.29, 1.82) is 0 Å². The second-order valence-electron chi connectivity index (χ2n) is 3.55. The molecule has 0 aromatic carbocycles. The third-order valence-corrected chi connectivity index (χ3v) is 1.92. The average Bonchev–Trinajstić information content (AvgIpc) is 1.85. The van der Waals surface area contributed by atoms with Crippen molar-refractivity contribution in [3.8, 4) is 0 Å². The van der Waals surface area contributed by atoms with Gasteiger partial charge >= 0.3 is 0 Å².